The van der Waals surface area contributed by atoms with Crippen LogP contribution in [0.3, 0.4) is 0 Å². The zero-order chi connectivity index (χ0) is 9.19. The Labute approximate surface area is 69.4 Å². The number of nitrogens with zero attached hydrogens (tertiary/aromatic N) is 1. The minimum atomic E-state index is -4.22. The van der Waals surface area contributed by atoms with E-state index in [0.717, 1.165) is 6.07 Å². The van der Waals surface area contributed by atoms with Gasteiger partial charge in [0, 0.05) is 6.20 Å². The van der Waals surface area contributed by atoms with E-state index >= 15 is 0 Å². The van der Waals surface area contributed by atoms with E-state index in [0.29, 0.717) is 5.56 Å². The maximum Gasteiger partial charge on any atom is 0.312 e. The van der Waals surface area contributed by atoms with Crippen molar-refractivity contribution in [1.29, 1.82) is 0 Å². The molecule has 0 unspecified atom stereocenters. The van der Waals surface area contributed by atoms with Crippen molar-refractivity contribution in [3.8, 4) is 0 Å². The number of hydrogen-bond acceptors (Lipinski definition) is 4. The van der Waals surface area contributed by atoms with Crippen molar-refractivity contribution in [3.63, 3.8) is 0 Å². The molecule has 5 nitrogen and oxygen atoms in total. The molecule has 0 saturated heterocycles. The monoisotopic (exact) mass is 189 g/mol. The second-order valence-corrected chi connectivity index (χ2v) is 3.51. The molecule has 0 atom stereocenters. The maximum absolute atomic E-state index is 10.5. The van der Waals surface area contributed by atoms with Crippen LogP contribution in [0.15, 0.2) is 23.4 Å². The fraction of sp³-hybridized carbons (Fsp3) is 0.167. The van der Waals surface area contributed by atoms with Gasteiger partial charge in [-0.25, -0.2) is 4.98 Å². The van der Waals surface area contributed by atoms with Gasteiger partial charge in [-0.05, 0) is 11.6 Å². The summed E-state index contributed by atoms with van der Waals surface area (Å²) in [5, 5.41) is 8.16. The predicted octanol–water partition coefficient (Wildman–Crippen LogP) is -0.179. The SMILES string of the molecule is O=S(=O)(O)c1ccc(CO)cn1. The number of aromatic nitrogens is 1. The lowest BCUT2D eigenvalue weighted by molar-refractivity contribution is 0.281. The third-order valence-electron chi connectivity index (χ3n) is 1.24. The molecule has 0 fully saturated rings. The van der Waals surface area contributed by atoms with E-state index in [1.807, 2.05) is 0 Å². The van der Waals surface area contributed by atoms with Crippen LogP contribution in [-0.2, 0) is 16.7 Å². The summed E-state index contributed by atoms with van der Waals surface area (Å²) in [5.41, 5.74) is 0.488. The molecule has 0 aromatic carbocycles. The number of rotatable bonds is 2. The van der Waals surface area contributed by atoms with Crippen LogP contribution in [0, 0.1) is 0 Å². The Morgan fingerprint density at radius 2 is 2.08 bits per heavy atom. The van der Waals surface area contributed by atoms with Crippen molar-refractivity contribution < 1.29 is 18.1 Å². The summed E-state index contributed by atoms with van der Waals surface area (Å²) < 4.78 is 29.4. The lowest BCUT2D eigenvalue weighted by Crippen LogP contribution is -2.01. The normalized spacial score (nSPS) is 11.5. The lowest BCUT2D eigenvalue weighted by atomic mass is 10.3. The summed E-state index contributed by atoms with van der Waals surface area (Å²) in [5.74, 6) is 0. The Hall–Kier alpha value is -0.980. The highest BCUT2D eigenvalue weighted by Crippen LogP contribution is 2.05. The van der Waals surface area contributed by atoms with Gasteiger partial charge in [-0.15, -0.1) is 0 Å². The Kier molecular flexibility index (Phi) is 2.41. The van der Waals surface area contributed by atoms with Crippen molar-refractivity contribution in [1.82, 2.24) is 4.98 Å². The van der Waals surface area contributed by atoms with E-state index < -0.39 is 15.1 Å². The number of hydrogen-bond donors (Lipinski definition) is 2. The Morgan fingerprint density at radius 3 is 2.42 bits per heavy atom. The summed E-state index contributed by atoms with van der Waals surface area (Å²) in [7, 11) is -4.22. The molecule has 0 aliphatic rings. The first-order chi connectivity index (χ1) is 5.54. The maximum atomic E-state index is 10.5. The van der Waals surface area contributed by atoms with Crippen LogP contribution in [0.5, 0.6) is 0 Å². The lowest BCUT2D eigenvalue weighted by Gasteiger charge is -1.96. The zero-order valence-electron chi connectivity index (χ0n) is 6.01. The van der Waals surface area contributed by atoms with Gasteiger partial charge in [0.2, 0.25) is 0 Å². The van der Waals surface area contributed by atoms with E-state index in [1.165, 1.54) is 12.3 Å². The van der Waals surface area contributed by atoms with E-state index in [9.17, 15) is 8.42 Å². The third-order valence-corrected chi connectivity index (χ3v) is 2.01. The highest BCUT2D eigenvalue weighted by Gasteiger charge is 2.09. The van der Waals surface area contributed by atoms with Crippen molar-refractivity contribution in [2.45, 2.75) is 11.6 Å². The van der Waals surface area contributed by atoms with Crippen molar-refractivity contribution in [2.24, 2.45) is 0 Å². The zero-order valence-corrected chi connectivity index (χ0v) is 6.82. The van der Waals surface area contributed by atoms with Gasteiger partial charge < -0.3 is 5.11 Å². The topological polar surface area (TPSA) is 87.5 Å². The van der Waals surface area contributed by atoms with Crippen LogP contribution in [0.4, 0.5) is 0 Å². The van der Waals surface area contributed by atoms with Gasteiger partial charge >= 0.3 is 10.1 Å². The molecule has 66 valence electrons. The average molecular weight is 189 g/mol. The van der Waals surface area contributed by atoms with E-state index in [4.69, 9.17) is 9.66 Å². The highest BCUT2D eigenvalue weighted by molar-refractivity contribution is 7.85. The third kappa shape index (κ3) is 2.00. The minimum Gasteiger partial charge on any atom is -0.392 e. The standard InChI is InChI=1S/C6H7NO4S/c8-4-5-1-2-6(7-3-5)12(9,10)11/h1-3,8H,4H2,(H,9,10,11). The van der Waals surface area contributed by atoms with Gasteiger partial charge in [-0.1, -0.05) is 6.07 Å². The second-order valence-electron chi connectivity index (χ2n) is 2.14. The molecule has 0 aliphatic heterocycles. The molecule has 0 saturated carbocycles. The summed E-state index contributed by atoms with van der Waals surface area (Å²) >= 11 is 0. The molecule has 6 heteroatoms. The summed E-state index contributed by atoms with van der Waals surface area (Å²) in [4.78, 5) is 3.42. The van der Waals surface area contributed by atoms with Crippen LogP contribution in [-0.4, -0.2) is 23.1 Å². The van der Waals surface area contributed by atoms with E-state index in [-0.39, 0.29) is 6.61 Å². The second kappa shape index (κ2) is 3.18. The molecule has 1 rings (SSSR count). The van der Waals surface area contributed by atoms with Crippen LogP contribution < -0.4 is 0 Å². The van der Waals surface area contributed by atoms with Gasteiger partial charge in [0.05, 0.1) is 6.61 Å². The molecular weight excluding hydrogens is 182 g/mol. The van der Waals surface area contributed by atoms with Crippen LogP contribution >= 0.6 is 0 Å². The van der Waals surface area contributed by atoms with Gasteiger partial charge in [0.25, 0.3) is 0 Å². The van der Waals surface area contributed by atoms with Crippen molar-refractivity contribution >= 4 is 10.1 Å². The molecule has 1 aromatic heterocycles. The van der Waals surface area contributed by atoms with E-state index in [1.54, 1.807) is 0 Å². The fourth-order valence-electron chi connectivity index (χ4n) is 0.657. The molecular formula is C6H7NO4S. The van der Waals surface area contributed by atoms with Crippen LogP contribution in [0.2, 0.25) is 0 Å². The molecule has 0 spiro atoms. The summed E-state index contributed by atoms with van der Waals surface area (Å²) in [6.07, 6.45) is 1.18. The quantitative estimate of drug-likeness (QED) is 0.630. The first-order valence-corrected chi connectivity index (χ1v) is 4.51. The molecule has 2 N–H and O–H groups in total. The van der Waals surface area contributed by atoms with Crippen LogP contribution in [0.25, 0.3) is 0 Å². The fourth-order valence-corrected chi connectivity index (χ4v) is 1.08. The Morgan fingerprint density at radius 1 is 1.42 bits per heavy atom. The largest absolute Gasteiger partial charge is 0.392 e. The van der Waals surface area contributed by atoms with Crippen molar-refractivity contribution in [2.75, 3.05) is 0 Å². The Bertz CT molecular complexity index is 356. The van der Waals surface area contributed by atoms with Gasteiger partial charge in [-0.2, -0.15) is 8.42 Å². The first-order valence-electron chi connectivity index (χ1n) is 3.07. The van der Waals surface area contributed by atoms with Crippen molar-refractivity contribution in [3.05, 3.63) is 23.9 Å². The smallest absolute Gasteiger partial charge is 0.312 e. The first kappa shape index (κ1) is 9.11. The summed E-state index contributed by atoms with van der Waals surface area (Å²) in [6, 6.07) is 2.50. The average Bonchev–Trinajstić information content (AvgIpc) is 2.03. The van der Waals surface area contributed by atoms with Gasteiger partial charge in [0.1, 0.15) is 0 Å². The minimum absolute atomic E-state index is 0.210. The van der Waals surface area contributed by atoms with E-state index in [2.05, 4.69) is 4.98 Å². The molecule has 0 aliphatic carbocycles. The van der Waals surface area contributed by atoms with Crippen LogP contribution in [0.1, 0.15) is 5.56 Å². The number of pyridine rings is 1. The molecule has 1 heterocycles. The molecule has 0 amide bonds. The molecule has 0 radical (unpaired) electrons. The predicted molar refractivity (Wildman–Crippen MR) is 40.0 cm³/mol. The molecule has 12 heavy (non-hydrogen) atoms. The summed E-state index contributed by atoms with van der Waals surface area (Å²) in [6.45, 7) is -0.210. The number of aliphatic hydroxyl groups excluding tert-OH is 1. The Balaban J connectivity index is 3.09. The van der Waals surface area contributed by atoms with Gasteiger partial charge in [0.15, 0.2) is 5.03 Å². The highest BCUT2D eigenvalue weighted by atomic mass is 32.2. The van der Waals surface area contributed by atoms with Gasteiger partial charge in [-0.3, -0.25) is 4.55 Å². The molecule has 0 bridgehead atoms. The molecule has 1 aromatic rings. The number of aliphatic hydroxyl groups is 1.